The Morgan fingerprint density at radius 2 is 1.44 bits per heavy atom. The summed E-state index contributed by atoms with van der Waals surface area (Å²) in [5.41, 5.74) is 0. The molecule has 0 aliphatic heterocycles. The lowest BCUT2D eigenvalue weighted by Gasteiger charge is -2.19. The summed E-state index contributed by atoms with van der Waals surface area (Å²) in [6, 6.07) is 0. The third kappa shape index (κ3) is 3.54. The van der Waals surface area contributed by atoms with Gasteiger partial charge in [0.1, 0.15) is 0 Å². The Balaban J connectivity index is 3.79. The molecule has 0 spiro atoms. The number of halogens is 3. The molecule has 3 heteroatoms. The van der Waals surface area contributed by atoms with Gasteiger partial charge in [0.25, 0.3) is 0 Å². The standard InChI is InChI=1S/C6H10Cl3/c1-3-5(4-2)6(7,8)9/h3-4H2,1-2H3. The van der Waals surface area contributed by atoms with Crippen molar-refractivity contribution < 1.29 is 0 Å². The van der Waals surface area contributed by atoms with Crippen molar-refractivity contribution in [2.75, 3.05) is 0 Å². The zero-order chi connectivity index (χ0) is 7.49. The van der Waals surface area contributed by atoms with Crippen molar-refractivity contribution in [1.29, 1.82) is 0 Å². The van der Waals surface area contributed by atoms with Crippen molar-refractivity contribution in [2.24, 2.45) is 0 Å². The predicted octanol–water partition coefficient (Wildman–Crippen LogP) is 3.75. The van der Waals surface area contributed by atoms with Gasteiger partial charge in [0.2, 0.25) is 0 Å². The molecule has 0 rings (SSSR count). The summed E-state index contributed by atoms with van der Waals surface area (Å²) in [5.74, 6) is 0.965. The molecule has 0 saturated carbocycles. The molecule has 1 radical (unpaired) electrons. The summed E-state index contributed by atoms with van der Waals surface area (Å²) in [7, 11) is 0. The molecule has 9 heavy (non-hydrogen) atoms. The van der Waals surface area contributed by atoms with Gasteiger partial charge in [0.15, 0.2) is 3.79 Å². The van der Waals surface area contributed by atoms with E-state index in [1.165, 1.54) is 0 Å². The highest BCUT2D eigenvalue weighted by molar-refractivity contribution is 6.69. The van der Waals surface area contributed by atoms with Crippen LogP contribution in [0.25, 0.3) is 0 Å². The smallest absolute Gasteiger partial charge is 0.0830 e. The van der Waals surface area contributed by atoms with Gasteiger partial charge >= 0.3 is 0 Å². The van der Waals surface area contributed by atoms with Crippen molar-refractivity contribution in [3.05, 3.63) is 5.92 Å². The first-order valence-corrected chi connectivity index (χ1v) is 4.07. The molecule has 55 valence electrons. The molecule has 0 heterocycles. The zero-order valence-corrected chi connectivity index (χ0v) is 7.82. The van der Waals surface area contributed by atoms with Crippen molar-refractivity contribution in [1.82, 2.24) is 0 Å². The van der Waals surface area contributed by atoms with Gasteiger partial charge in [-0.1, -0.05) is 48.7 Å². The van der Waals surface area contributed by atoms with Crippen LogP contribution in [0.1, 0.15) is 26.7 Å². The second-order valence-electron chi connectivity index (χ2n) is 1.81. The van der Waals surface area contributed by atoms with E-state index in [-0.39, 0.29) is 0 Å². The average Bonchev–Trinajstić information content (AvgIpc) is 1.65. The quantitative estimate of drug-likeness (QED) is 0.579. The minimum atomic E-state index is -1.15. The number of hydrogen-bond acceptors (Lipinski definition) is 0. The van der Waals surface area contributed by atoms with Crippen LogP contribution in [0.4, 0.5) is 0 Å². The monoisotopic (exact) mass is 187 g/mol. The van der Waals surface area contributed by atoms with Gasteiger partial charge in [-0.05, 0) is 12.8 Å². The van der Waals surface area contributed by atoms with Gasteiger partial charge in [-0.3, -0.25) is 0 Å². The first-order chi connectivity index (χ1) is 4.02. The topological polar surface area (TPSA) is 0 Å². The third-order valence-electron chi connectivity index (χ3n) is 1.25. The number of hydrogen-bond donors (Lipinski definition) is 0. The van der Waals surface area contributed by atoms with E-state index in [0.29, 0.717) is 0 Å². The molecule has 0 aromatic heterocycles. The average molecular weight is 189 g/mol. The molecule has 0 bridgehead atoms. The van der Waals surface area contributed by atoms with Crippen LogP contribution in [0.5, 0.6) is 0 Å². The van der Waals surface area contributed by atoms with Gasteiger partial charge in [0.05, 0.1) is 0 Å². The summed E-state index contributed by atoms with van der Waals surface area (Å²) in [5, 5.41) is 0. The summed E-state index contributed by atoms with van der Waals surface area (Å²) < 4.78 is -1.15. The molecule has 0 aromatic carbocycles. The van der Waals surface area contributed by atoms with E-state index in [4.69, 9.17) is 34.8 Å². The molecule has 0 nitrogen and oxygen atoms in total. The number of alkyl halides is 3. The van der Waals surface area contributed by atoms with Crippen molar-refractivity contribution in [3.8, 4) is 0 Å². The largest absolute Gasteiger partial charge is 0.196 e. The fourth-order valence-electron chi connectivity index (χ4n) is 0.651. The summed E-state index contributed by atoms with van der Waals surface area (Å²) >= 11 is 16.8. The highest BCUT2D eigenvalue weighted by Gasteiger charge is 2.29. The highest BCUT2D eigenvalue weighted by Crippen LogP contribution is 2.40. The van der Waals surface area contributed by atoms with Crippen LogP contribution >= 0.6 is 34.8 Å². The van der Waals surface area contributed by atoms with Crippen molar-refractivity contribution in [2.45, 2.75) is 30.5 Å². The van der Waals surface area contributed by atoms with Crippen LogP contribution in [0.2, 0.25) is 0 Å². The Morgan fingerprint density at radius 3 is 1.44 bits per heavy atom. The molecule has 0 aromatic rings. The Kier molecular flexibility index (Phi) is 4.28. The maximum Gasteiger partial charge on any atom is 0.196 e. The van der Waals surface area contributed by atoms with E-state index >= 15 is 0 Å². The van der Waals surface area contributed by atoms with Crippen LogP contribution in [-0.4, -0.2) is 3.79 Å². The van der Waals surface area contributed by atoms with E-state index in [0.717, 1.165) is 18.8 Å². The van der Waals surface area contributed by atoms with E-state index in [2.05, 4.69) is 0 Å². The molecule has 0 aliphatic rings. The van der Waals surface area contributed by atoms with Gasteiger partial charge in [0, 0.05) is 5.92 Å². The highest BCUT2D eigenvalue weighted by atomic mass is 35.6. The van der Waals surface area contributed by atoms with E-state index in [1.807, 2.05) is 13.8 Å². The minimum absolute atomic E-state index is 0.840. The van der Waals surface area contributed by atoms with Crippen LogP contribution < -0.4 is 0 Å². The normalized spacial score (nSPS) is 12.7. The van der Waals surface area contributed by atoms with Gasteiger partial charge in [-0.2, -0.15) is 0 Å². The van der Waals surface area contributed by atoms with Gasteiger partial charge < -0.3 is 0 Å². The first kappa shape index (κ1) is 9.87. The Bertz CT molecular complexity index is 70.9. The van der Waals surface area contributed by atoms with Gasteiger partial charge in [-0.15, -0.1) is 0 Å². The summed E-state index contributed by atoms with van der Waals surface area (Å²) in [6.45, 7) is 3.97. The molecule has 0 amide bonds. The molecule has 0 unspecified atom stereocenters. The van der Waals surface area contributed by atoms with E-state index in [9.17, 15) is 0 Å². The Hall–Kier alpha value is 0.870. The lowest BCUT2D eigenvalue weighted by molar-refractivity contribution is 0.775. The van der Waals surface area contributed by atoms with Crippen LogP contribution in [0.15, 0.2) is 0 Å². The lowest BCUT2D eigenvalue weighted by atomic mass is 10.1. The van der Waals surface area contributed by atoms with Crippen LogP contribution in [0, 0.1) is 5.92 Å². The van der Waals surface area contributed by atoms with E-state index < -0.39 is 3.79 Å². The minimum Gasteiger partial charge on any atom is -0.0830 e. The maximum atomic E-state index is 5.59. The zero-order valence-electron chi connectivity index (χ0n) is 5.55. The maximum absolute atomic E-state index is 5.59. The van der Waals surface area contributed by atoms with Crippen molar-refractivity contribution >= 4 is 34.8 Å². The lowest BCUT2D eigenvalue weighted by Crippen LogP contribution is -2.14. The second-order valence-corrected chi connectivity index (χ2v) is 4.09. The molecule has 0 aliphatic carbocycles. The first-order valence-electron chi connectivity index (χ1n) is 2.94. The van der Waals surface area contributed by atoms with Gasteiger partial charge in [-0.25, -0.2) is 0 Å². The van der Waals surface area contributed by atoms with Crippen molar-refractivity contribution in [3.63, 3.8) is 0 Å². The number of rotatable bonds is 2. The SMILES string of the molecule is CC[C](CC)C(Cl)(Cl)Cl. The Morgan fingerprint density at radius 1 is 1.11 bits per heavy atom. The summed E-state index contributed by atoms with van der Waals surface area (Å²) in [4.78, 5) is 0. The predicted molar refractivity (Wildman–Crippen MR) is 44.1 cm³/mol. The fourth-order valence-corrected chi connectivity index (χ4v) is 1.45. The Labute approximate surface area is 71.5 Å². The van der Waals surface area contributed by atoms with Crippen LogP contribution in [-0.2, 0) is 0 Å². The molecular formula is C6H10Cl3. The molecule has 0 fully saturated rings. The third-order valence-corrected chi connectivity index (χ3v) is 2.06. The summed E-state index contributed by atoms with van der Waals surface area (Å²) in [6.07, 6.45) is 1.68. The molecule has 0 atom stereocenters. The molecule has 0 N–H and O–H groups in total. The van der Waals surface area contributed by atoms with E-state index in [1.54, 1.807) is 0 Å². The van der Waals surface area contributed by atoms with Crippen LogP contribution in [0.3, 0.4) is 0 Å². The molecular weight excluding hydrogens is 178 g/mol. The second kappa shape index (κ2) is 3.90. The molecule has 0 saturated heterocycles. The fraction of sp³-hybridized carbons (Fsp3) is 0.833.